The SMILES string of the molecule is COc1cc(-c2cn(C)c(=O)c3cnccc23)cc(OC)c1CN(C)CCCCNC1CC2(CCN(c3ccc4c(c3)C(=O)N(C3CNC(=O)CC3=O)C4O)CC2)C1. The molecule has 2 aromatic carbocycles. The number of rotatable bonds is 13. The lowest BCUT2D eigenvalue weighted by Crippen LogP contribution is -2.54. The molecule has 2 atom stereocenters. The molecule has 2 aromatic heterocycles. The van der Waals surface area contributed by atoms with Crippen molar-refractivity contribution in [3.05, 3.63) is 82.0 Å². The maximum Gasteiger partial charge on any atom is 0.259 e. The monoisotopic (exact) mass is 791 g/mol. The first-order chi connectivity index (χ1) is 28.0. The molecule has 2 saturated heterocycles. The van der Waals surface area contributed by atoms with Gasteiger partial charge in [-0.3, -0.25) is 29.1 Å². The fraction of sp³-hybridized carbons (Fsp3) is 0.477. The number of fused-ring (bicyclic) bond motifs is 2. The smallest absolute Gasteiger partial charge is 0.259 e. The van der Waals surface area contributed by atoms with Crippen molar-refractivity contribution in [1.29, 1.82) is 0 Å². The highest BCUT2D eigenvalue weighted by Gasteiger charge is 2.47. The summed E-state index contributed by atoms with van der Waals surface area (Å²) in [6, 6.07) is 11.2. The minimum Gasteiger partial charge on any atom is -0.496 e. The molecule has 1 spiro atoms. The molecular formula is C44H53N7O7. The maximum atomic E-state index is 13.4. The van der Waals surface area contributed by atoms with Gasteiger partial charge in [-0.25, -0.2) is 0 Å². The van der Waals surface area contributed by atoms with Crippen molar-refractivity contribution in [3.63, 3.8) is 0 Å². The van der Waals surface area contributed by atoms with Gasteiger partial charge in [-0.1, -0.05) is 6.07 Å². The van der Waals surface area contributed by atoms with Gasteiger partial charge < -0.3 is 39.6 Å². The van der Waals surface area contributed by atoms with E-state index in [-0.39, 0.29) is 36.1 Å². The number of unbranched alkanes of at least 4 members (excludes halogenated alkanes) is 1. The second-order valence-corrected chi connectivity index (χ2v) is 16.6. The van der Waals surface area contributed by atoms with E-state index in [4.69, 9.17) is 9.47 Å². The van der Waals surface area contributed by atoms with Crippen LogP contribution in [0.4, 0.5) is 5.69 Å². The van der Waals surface area contributed by atoms with Crippen LogP contribution >= 0.6 is 0 Å². The van der Waals surface area contributed by atoms with Gasteiger partial charge in [0.25, 0.3) is 11.5 Å². The van der Waals surface area contributed by atoms with Crippen molar-refractivity contribution < 1.29 is 29.0 Å². The van der Waals surface area contributed by atoms with Crippen molar-refractivity contribution >= 4 is 34.1 Å². The highest BCUT2D eigenvalue weighted by Crippen LogP contribution is 2.50. The summed E-state index contributed by atoms with van der Waals surface area (Å²) in [6.07, 6.45) is 10.4. The summed E-state index contributed by atoms with van der Waals surface area (Å²) in [7, 11) is 7.22. The molecule has 3 aliphatic heterocycles. The average Bonchev–Trinajstić information content (AvgIpc) is 3.46. The van der Waals surface area contributed by atoms with Crippen molar-refractivity contribution in [3.8, 4) is 22.6 Å². The van der Waals surface area contributed by atoms with E-state index in [9.17, 15) is 24.3 Å². The molecule has 2 amide bonds. The molecule has 14 heteroatoms. The van der Waals surface area contributed by atoms with Gasteiger partial charge in [-0.05, 0) is 105 Å². The number of Topliss-reactive ketones (excluding diaryl/α,β-unsaturated/α-hetero) is 1. The molecule has 5 heterocycles. The number of pyridine rings is 2. The zero-order valence-electron chi connectivity index (χ0n) is 33.8. The predicted molar refractivity (Wildman–Crippen MR) is 220 cm³/mol. The number of carbonyl (C=O) groups is 3. The van der Waals surface area contributed by atoms with E-state index in [1.165, 1.54) is 17.7 Å². The highest BCUT2D eigenvalue weighted by molar-refractivity contribution is 6.07. The van der Waals surface area contributed by atoms with Gasteiger partial charge in [0.15, 0.2) is 12.0 Å². The summed E-state index contributed by atoms with van der Waals surface area (Å²) in [6.45, 7) is 4.42. The number of aryl methyl sites for hydroxylation is 1. The number of nitrogens with zero attached hydrogens (tertiary/aromatic N) is 5. The van der Waals surface area contributed by atoms with E-state index in [0.29, 0.717) is 34.5 Å². The molecule has 2 unspecified atom stereocenters. The van der Waals surface area contributed by atoms with Crippen LogP contribution in [0.2, 0.25) is 0 Å². The molecule has 58 heavy (non-hydrogen) atoms. The van der Waals surface area contributed by atoms with Crippen LogP contribution in [0.15, 0.2) is 59.8 Å². The van der Waals surface area contributed by atoms with E-state index < -0.39 is 12.3 Å². The second kappa shape index (κ2) is 16.1. The number of nitrogens with one attached hydrogen (secondary N) is 2. The van der Waals surface area contributed by atoms with Crippen LogP contribution in [0.1, 0.15) is 72.7 Å². The van der Waals surface area contributed by atoms with Crippen LogP contribution in [-0.4, -0.2) is 108 Å². The number of ether oxygens (including phenoxy) is 2. The Morgan fingerprint density at radius 2 is 1.72 bits per heavy atom. The van der Waals surface area contributed by atoms with Gasteiger partial charge in [-0.2, -0.15) is 0 Å². The first kappa shape index (κ1) is 39.5. The number of amides is 2. The Kier molecular flexibility index (Phi) is 11.0. The van der Waals surface area contributed by atoms with Crippen LogP contribution < -0.4 is 30.6 Å². The van der Waals surface area contributed by atoms with Crippen molar-refractivity contribution in [2.24, 2.45) is 12.5 Å². The number of benzene rings is 2. The maximum absolute atomic E-state index is 13.4. The van der Waals surface area contributed by atoms with Gasteiger partial charge in [0.2, 0.25) is 5.91 Å². The molecule has 14 nitrogen and oxygen atoms in total. The molecular weight excluding hydrogens is 739 g/mol. The van der Waals surface area contributed by atoms with Crippen molar-refractivity contribution in [1.82, 2.24) is 30.0 Å². The van der Waals surface area contributed by atoms with Gasteiger partial charge in [0, 0.05) is 80.2 Å². The summed E-state index contributed by atoms with van der Waals surface area (Å²) in [5, 5.41) is 18.8. The summed E-state index contributed by atoms with van der Waals surface area (Å²) in [4.78, 5) is 60.4. The first-order valence-electron chi connectivity index (χ1n) is 20.3. The largest absolute Gasteiger partial charge is 0.496 e. The van der Waals surface area contributed by atoms with E-state index in [1.807, 2.05) is 36.5 Å². The number of methoxy groups -OCH3 is 2. The predicted octanol–water partition coefficient (Wildman–Crippen LogP) is 3.77. The minimum atomic E-state index is -1.20. The van der Waals surface area contributed by atoms with E-state index >= 15 is 0 Å². The summed E-state index contributed by atoms with van der Waals surface area (Å²) in [5.41, 5.74) is 4.95. The third-order valence-electron chi connectivity index (χ3n) is 12.9. The van der Waals surface area contributed by atoms with Crippen LogP contribution in [0, 0.1) is 5.41 Å². The zero-order chi connectivity index (χ0) is 40.7. The number of aromatic nitrogens is 2. The molecule has 3 N–H and O–H groups in total. The zero-order valence-corrected chi connectivity index (χ0v) is 33.8. The third-order valence-corrected chi connectivity index (χ3v) is 12.9. The molecule has 1 saturated carbocycles. The third kappa shape index (κ3) is 7.44. The van der Waals surface area contributed by atoms with Gasteiger partial charge >= 0.3 is 0 Å². The number of aliphatic hydroxyl groups is 1. The lowest BCUT2D eigenvalue weighted by molar-refractivity contribution is -0.136. The summed E-state index contributed by atoms with van der Waals surface area (Å²) in [5.74, 6) is 0.405. The Hall–Kier alpha value is -5.31. The van der Waals surface area contributed by atoms with E-state index in [0.717, 1.165) is 91.1 Å². The average molecular weight is 792 g/mol. The van der Waals surface area contributed by atoms with Crippen molar-refractivity contribution in [2.45, 2.75) is 69.8 Å². The Morgan fingerprint density at radius 3 is 2.43 bits per heavy atom. The van der Waals surface area contributed by atoms with Crippen LogP contribution in [0.3, 0.4) is 0 Å². The van der Waals surface area contributed by atoms with Crippen LogP contribution in [-0.2, 0) is 23.2 Å². The lowest BCUT2D eigenvalue weighted by Gasteiger charge is -2.53. The van der Waals surface area contributed by atoms with E-state index in [2.05, 4.69) is 32.5 Å². The fourth-order valence-electron chi connectivity index (χ4n) is 9.56. The number of hydrogen-bond acceptors (Lipinski definition) is 11. The summed E-state index contributed by atoms with van der Waals surface area (Å²) >= 11 is 0. The van der Waals surface area contributed by atoms with E-state index in [1.54, 1.807) is 44.3 Å². The fourth-order valence-corrected chi connectivity index (χ4v) is 9.56. The normalized spacial score (nSPS) is 20.5. The Labute approximate surface area is 338 Å². The topological polar surface area (TPSA) is 159 Å². The molecule has 1 aliphatic carbocycles. The van der Waals surface area contributed by atoms with Gasteiger partial charge in [0.1, 0.15) is 17.5 Å². The number of carbonyl (C=O) groups excluding carboxylic acids is 3. The summed E-state index contributed by atoms with van der Waals surface area (Å²) < 4.78 is 13.4. The van der Waals surface area contributed by atoms with Gasteiger partial charge in [0.05, 0.1) is 31.6 Å². The first-order valence-corrected chi connectivity index (χ1v) is 20.3. The molecule has 4 aromatic rings. The second-order valence-electron chi connectivity index (χ2n) is 16.6. The number of ketones is 1. The molecule has 8 rings (SSSR count). The Morgan fingerprint density at radius 1 is 0.983 bits per heavy atom. The van der Waals surface area contributed by atoms with Crippen molar-refractivity contribution in [2.75, 3.05) is 58.9 Å². The minimum absolute atomic E-state index is 0.0185. The Bertz CT molecular complexity index is 2270. The standard InChI is InChI=1S/C44H53N7O7/c1-48(25-35-38(57-3)17-27(18-39(35)58-4)34-26-49(2)41(54)33-23-45-13-9-30(33)34)14-6-5-12-46-28-21-44(22-28)10-15-50(16-11-44)29-7-8-31-32(19-29)43(56)51(42(31)55)36-24-47-40(53)20-37(36)52/h7-9,13,17-19,23,26,28,36,42,46,55H,5-6,10-12,14-16,20-22,24-25H2,1-4H3,(H,47,53). The Balaban J connectivity index is 0.784. The quantitative estimate of drug-likeness (QED) is 0.134. The lowest BCUT2D eigenvalue weighted by atomic mass is 9.60. The highest BCUT2D eigenvalue weighted by atomic mass is 16.5. The molecule has 306 valence electrons. The number of piperidine rings is 2. The molecule has 4 aliphatic rings. The number of hydrogen-bond donors (Lipinski definition) is 3. The molecule has 3 fully saturated rings. The molecule has 0 bridgehead atoms. The molecule has 0 radical (unpaired) electrons. The number of anilines is 1. The number of aliphatic hydroxyl groups excluding tert-OH is 1. The van der Waals surface area contributed by atoms with Crippen LogP contribution in [0.25, 0.3) is 21.9 Å². The van der Waals surface area contributed by atoms with Gasteiger partial charge in [-0.15, -0.1) is 0 Å². The van der Waals surface area contributed by atoms with Crippen LogP contribution in [0.5, 0.6) is 11.5 Å².